The molecule has 2 heteroatoms. The maximum Gasteiger partial charge on any atom is 0.214 e. The van der Waals surface area contributed by atoms with Crippen LogP contribution in [0.5, 0.6) is 0 Å². The lowest BCUT2D eigenvalue weighted by Crippen LogP contribution is -2.44. The van der Waals surface area contributed by atoms with E-state index in [2.05, 4.69) is 52.8 Å². The van der Waals surface area contributed by atoms with Gasteiger partial charge in [0, 0.05) is 5.56 Å². The zero-order valence-electron chi connectivity index (χ0n) is 11.2. The van der Waals surface area contributed by atoms with Crippen molar-refractivity contribution in [1.82, 2.24) is 0 Å². The summed E-state index contributed by atoms with van der Waals surface area (Å²) < 4.78 is 0. The van der Waals surface area contributed by atoms with E-state index in [1.54, 1.807) is 0 Å². The molecular formula is C15H19NO. The number of amides is 1. The molecule has 0 aliphatic carbocycles. The first-order chi connectivity index (χ1) is 7.86. The van der Waals surface area contributed by atoms with Gasteiger partial charge in [-0.1, -0.05) is 6.08 Å². The average molecular weight is 229 g/mol. The van der Waals surface area contributed by atoms with E-state index in [4.69, 9.17) is 0 Å². The highest BCUT2D eigenvalue weighted by Crippen LogP contribution is 2.39. The van der Waals surface area contributed by atoms with Crippen LogP contribution in [0.15, 0.2) is 18.2 Å². The van der Waals surface area contributed by atoms with Gasteiger partial charge in [0.15, 0.2) is 0 Å². The summed E-state index contributed by atoms with van der Waals surface area (Å²) in [5.41, 5.74) is 5.67. The predicted molar refractivity (Wildman–Crippen MR) is 72.2 cm³/mol. The molecule has 1 aromatic rings. The Kier molecular flexibility index (Phi) is 2.61. The van der Waals surface area contributed by atoms with Crippen LogP contribution in [0, 0.1) is 13.8 Å². The Bertz CT molecular complexity index is 512. The Labute approximate surface area is 103 Å². The van der Waals surface area contributed by atoms with E-state index in [-0.39, 0.29) is 5.54 Å². The molecule has 0 bridgehead atoms. The Morgan fingerprint density at radius 2 is 1.71 bits per heavy atom. The van der Waals surface area contributed by atoms with Gasteiger partial charge in [-0.25, -0.2) is 0 Å². The summed E-state index contributed by atoms with van der Waals surface area (Å²) in [5.74, 6) is 0. The number of carbonyl (C=O) groups excluding carboxylic acids is 1. The van der Waals surface area contributed by atoms with E-state index < -0.39 is 0 Å². The summed E-state index contributed by atoms with van der Waals surface area (Å²) in [6, 6.07) is 4.28. The fourth-order valence-corrected chi connectivity index (χ4v) is 2.50. The first kappa shape index (κ1) is 11.9. The lowest BCUT2D eigenvalue weighted by molar-refractivity contribution is -0.108. The first-order valence-corrected chi connectivity index (χ1v) is 5.92. The van der Waals surface area contributed by atoms with Crippen LogP contribution in [0.3, 0.4) is 0 Å². The monoisotopic (exact) mass is 229 g/mol. The van der Waals surface area contributed by atoms with Gasteiger partial charge < -0.3 is 4.90 Å². The van der Waals surface area contributed by atoms with Crippen LogP contribution in [-0.4, -0.2) is 11.9 Å². The van der Waals surface area contributed by atoms with Crippen LogP contribution in [-0.2, 0) is 4.79 Å². The van der Waals surface area contributed by atoms with Crippen molar-refractivity contribution in [2.75, 3.05) is 4.90 Å². The maximum atomic E-state index is 11.3. The van der Waals surface area contributed by atoms with Gasteiger partial charge in [0.2, 0.25) is 6.41 Å². The Morgan fingerprint density at radius 3 is 2.29 bits per heavy atom. The molecule has 1 aromatic carbocycles. The van der Waals surface area contributed by atoms with E-state index in [0.717, 1.165) is 12.1 Å². The minimum Gasteiger partial charge on any atom is -0.305 e. The smallest absolute Gasteiger partial charge is 0.214 e. The van der Waals surface area contributed by atoms with Crippen molar-refractivity contribution in [3.05, 3.63) is 34.9 Å². The largest absolute Gasteiger partial charge is 0.305 e. The van der Waals surface area contributed by atoms with Gasteiger partial charge in [0.05, 0.1) is 11.2 Å². The molecule has 0 fully saturated rings. The van der Waals surface area contributed by atoms with Gasteiger partial charge >= 0.3 is 0 Å². The third-order valence-electron chi connectivity index (χ3n) is 3.59. The van der Waals surface area contributed by atoms with Crippen molar-refractivity contribution in [3.8, 4) is 0 Å². The number of hydrogen-bond acceptors (Lipinski definition) is 1. The molecule has 17 heavy (non-hydrogen) atoms. The number of anilines is 1. The third kappa shape index (κ3) is 1.78. The van der Waals surface area contributed by atoms with E-state index in [1.165, 1.54) is 22.3 Å². The minimum absolute atomic E-state index is 0.249. The molecule has 1 aliphatic rings. The highest BCUT2D eigenvalue weighted by atomic mass is 16.1. The second-order valence-corrected chi connectivity index (χ2v) is 5.41. The summed E-state index contributed by atoms with van der Waals surface area (Å²) in [7, 11) is 0. The van der Waals surface area contributed by atoms with Crippen LogP contribution in [0.2, 0.25) is 0 Å². The topological polar surface area (TPSA) is 20.3 Å². The average Bonchev–Trinajstić information content (AvgIpc) is 2.21. The molecule has 0 saturated heterocycles. The van der Waals surface area contributed by atoms with Crippen molar-refractivity contribution in [2.45, 2.75) is 40.2 Å². The first-order valence-electron chi connectivity index (χ1n) is 5.92. The van der Waals surface area contributed by atoms with Crippen molar-refractivity contribution < 1.29 is 4.79 Å². The van der Waals surface area contributed by atoms with E-state index in [9.17, 15) is 4.79 Å². The van der Waals surface area contributed by atoms with E-state index in [0.29, 0.717) is 0 Å². The zero-order valence-corrected chi connectivity index (χ0v) is 11.2. The van der Waals surface area contributed by atoms with E-state index in [1.807, 2.05) is 4.90 Å². The van der Waals surface area contributed by atoms with Gasteiger partial charge in [-0.2, -0.15) is 0 Å². The lowest BCUT2D eigenvalue weighted by atomic mass is 9.87. The number of hydrogen-bond donors (Lipinski definition) is 0. The maximum absolute atomic E-state index is 11.3. The second-order valence-electron chi connectivity index (χ2n) is 5.41. The number of nitrogens with zero attached hydrogens (tertiary/aromatic N) is 1. The van der Waals surface area contributed by atoms with Crippen LogP contribution in [0.1, 0.15) is 37.5 Å². The number of aryl methyl sites for hydroxylation is 2. The number of allylic oxidation sites excluding steroid dienone is 1. The third-order valence-corrected chi connectivity index (χ3v) is 3.59. The van der Waals surface area contributed by atoms with Gasteiger partial charge in [-0.3, -0.25) is 4.79 Å². The zero-order chi connectivity index (χ0) is 12.8. The molecule has 0 unspecified atom stereocenters. The Balaban J connectivity index is 2.72. The molecule has 0 radical (unpaired) electrons. The molecule has 2 nitrogen and oxygen atoms in total. The molecule has 2 rings (SSSR count). The normalized spacial score (nSPS) is 17.5. The highest BCUT2D eigenvalue weighted by Gasteiger charge is 2.31. The van der Waals surface area contributed by atoms with Crippen molar-refractivity contribution in [1.29, 1.82) is 0 Å². The Morgan fingerprint density at radius 1 is 1.12 bits per heavy atom. The molecule has 1 aliphatic heterocycles. The summed E-state index contributed by atoms with van der Waals surface area (Å²) in [4.78, 5) is 13.1. The molecule has 0 N–H and O–H groups in total. The molecule has 0 saturated carbocycles. The predicted octanol–water partition coefficient (Wildman–Crippen LogP) is 3.46. The standard InChI is InChI=1S/C15H19NO/c1-10-6-13-12(3)8-15(4,5)16(9-17)14(13)7-11(10)2/h6-9H,1-5H3. The number of benzene rings is 1. The fourth-order valence-electron chi connectivity index (χ4n) is 2.50. The number of fused-ring (bicyclic) bond motifs is 1. The molecule has 0 spiro atoms. The fraction of sp³-hybridized carbons (Fsp3) is 0.400. The molecular weight excluding hydrogens is 210 g/mol. The van der Waals surface area contributed by atoms with Gasteiger partial charge in [-0.05, 0) is 63.5 Å². The molecule has 0 aromatic heterocycles. The van der Waals surface area contributed by atoms with Crippen LogP contribution >= 0.6 is 0 Å². The SMILES string of the molecule is CC1=CC(C)(C)N(C=O)c2cc(C)c(C)cc21. The summed E-state index contributed by atoms with van der Waals surface area (Å²) in [5, 5.41) is 0. The van der Waals surface area contributed by atoms with Gasteiger partial charge in [0.1, 0.15) is 0 Å². The van der Waals surface area contributed by atoms with Crippen molar-refractivity contribution >= 4 is 17.7 Å². The highest BCUT2D eigenvalue weighted by molar-refractivity contribution is 5.91. The molecule has 90 valence electrons. The molecule has 0 atom stereocenters. The van der Waals surface area contributed by atoms with E-state index >= 15 is 0 Å². The quantitative estimate of drug-likeness (QED) is 0.675. The van der Waals surface area contributed by atoms with Gasteiger partial charge in [0.25, 0.3) is 0 Å². The number of carbonyl (C=O) groups is 1. The van der Waals surface area contributed by atoms with Crippen LogP contribution < -0.4 is 4.90 Å². The molecule has 1 amide bonds. The van der Waals surface area contributed by atoms with Crippen molar-refractivity contribution in [3.63, 3.8) is 0 Å². The lowest BCUT2D eigenvalue weighted by Gasteiger charge is -2.39. The molecule has 1 heterocycles. The van der Waals surface area contributed by atoms with Gasteiger partial charge in [-0.15, -0.1) is 0 Å². The number of rotatable bonds is 1. The van der Waals surface area contributed by atoms with Crippen LogP contribution in [0.25, 0.3) is 5.57 Å². The summed E-state index contributed by atoms with van der Waals surface area (Å²) in [6.07, 6.45) is 3.08. The second kappa shape index (κ2) is 3.73. The van der Waals surface area contributed by atoms with Crippen molar-refractivity contribution in [2.24, 2.45) is 0 Å². The Hall–Kier alpha value is -1.57. The van der Waals surface area contributed by atoms with Crippen LogP contribution in [0.4, 0.5) is 5.69 Å². The summed E-state index contributed by atoms with van der Waals surface area (Å²) in [6.45, 7) is 10.4. The minimum atomic E-state index is -0.249. The summed E-state index contributed by atoms with van der Waals surface area (Å²) >= 11 is 0.